The van der Waals surface area contributed by atoms with E-state index in [1.807, 2.05) is 0 Å². The van der Waals surface area contributed by atoms with E-state index in [0.717, 1.165) is 20.8 Å². The van der Waals surface area contributed by atoms with Gasteiger partial charge in [0.05, 0.1) is 16.6 Å². The van der Waals surface area contributed by atoms with Crippen LogP contribution in [0.3, 0.4) is 0 Å². The van der Waals surface area contributed by atoms with Crippen molar-refractivity contribution in [2.45, 2.75) is 51.5 Å². The first-order valence-corrected chi connectivity index (χ1v) is 9.65. The standard InChI is InChI=1S/C19H20N2O10S/c1-10(22)27-16-15(8-20-9-32)31-19(18(29-12(3)24)17(16)28-11(2)23)30-14-6-4-13(5-7-14)21(25)26/h4-7,15-19H,8H2,1-3H3/t15-,16-,17+,18+,19+/m1/s1. The molecule has 0 spiro atoms. The molecule has 0 aromatic heterocycles. The fourth-order valence-electron chi connectivity index (χ4n) is 3.00. The third-order valence-corrected chi connectivity index (χ3v) is 4.26. The second-order valence-electron chi connectivity index (χ2n) is 6.57. The largest absolute Gasteiger partial charge is 0.461 e. The zero-order chi connectivity index (χ0) is 23.8. The number of non-ortho nitro benzene ring substituents is 1. The molecule has 1 aliphatic rings. The number of aliphatic imine (C=N–C) groups is 1. The molecule has 172 valence electrons. The molecule has 2 rings (SSSR count). The highest BCUT2D eigenvalue weighted by Crippen LogP contribution is 2.31. The third kappa shape index (κ3) is 6.80. The number of thiocarbonyl (C=S) groups is 1. The molecule has 1 fully saturated rings. The summed E-state index contributed by atoms with van der Waals surface area (Å²) in [5.41, 5.74) is -0.167. The van der Waals surface area contributed by atoms with Crippen molar-refractivity contribution in [1.82, 2.24) is 0 Å². The highest BCUT2D eigenvalue weighted by atomic mass is 32.1. The van der Waals surface area contributed by atoms with Crippen molar-refractivity contribution in [3.05, 3.63) is 34.4 Å². The Morgan fingerprint density at radius 3 is 2.06 bits per heavy atom. The van der Waals surface area contributed by atoms with Gasteiger partial charge in [-0.1, -0.05) is 0 Å². The van der Waals surface area contributed by atoms with E-state index in [1.165, 1.54) is 24.3 Å². The Kier molecular flexibility index (Phi) is 8.76. The maximum absolute atomic E-state index is 11.8. The first-order valence-electron chi connectivity index (χ1n) is 9.24. The third-order valence-electron chi connectivity index (χ3n) is 4.13. The van der Waals surface area contributed by atoms with Gasteiger partial charge in [-0.25, -0.2) is 4.99 Å². The molecule has 5 atom stereocenters. The van der Waals surface area contributed by atoms with E-state index < -0.39 is 53.5 Å². The average molecular weight is 468 g/mol. The van der Waals surface area contributed by atoms with Crippen LogP contribution in [0, 0.1) is 10.1 Å². The predicted molar refractivity (Wildman–Crippen MR) is 109 cm³/mol. The van der Waals surface area contributed by atoms with Crippen LogP contribution in [0.1, 0.15) is 20.8 Å². The lowest BCUT2D eigenvalue weighted by Crippen LogP contribution is -2.63. The summed E-state index contributed by atoms with van der Waals surface area (Å²) in [6, 6.07) is 5.04. The Morgan fingerprint density at radius 1 is 1.03 bits per heavy atom. The number of hydrogen-bond donors (Lipinski definition) is 0. The van der Waals surface area contributed by atoms with Gasteiger partial charge in [0.2, 0.25) is 12.4 Å². The molecule has 0 saturated carbocycles. The summed E-state index contributed by atoms with van der Waals surface area (Å²) in [6.07, 6.45) is -6.20. The zero-order valence-electron chi connectivity index (χ0n) is 17.3. The zero-order valence-corrected chi connectivity index (χ0v) is 18.1. The van der Waals surface area contributed by atoms with Crippen LogP contribution in [0.5, 0.6) is 5.75 Å². The van der Waals surface area contributed by atoms with E-state index in [1.54, 1.807) is 0 Å². The lowest BCUT2D eigenvalue weighted by molar-refractivity contribution is -0.384. The Balaban J connectivity index is 2.44. The van der Waals surface area contributed by atoms with E-state index in [9.17, 15) is 24.5 Å². The van der Waals surface area contributed by atoms with Crippen LogP contribution in [0.25, 0.3) is 0 Å². The number of benzene rings is 1. The van der Waals surface area contributed by atoms with E-state index >= 15 is 0 Å². The van der Waals surface area contributed by atoms with Crippen molar-refractivity contribution in [2.75, 3.05) is 6.54 Å². The van der Waals surface area contributed by atoms with Gasteiger partial charge in [0.15, 0.2) is 12.2 Å². The Hall–Kier alpha value is -3.41. The van der Waals surface area contributed by atoms with Crippen molar-refractivity contribution >= 4 is 41.0 Å². The molecule has 1 saturated heterocycles. The highest BCUT2D eigenvalue weighted by Gasteiger charge is 2.53. The van der Waals surface area contributed by atoms with Crippen molar-refractivity contribution in [3.63, 3.8) is 0 Å². The summed E-state index contributed by atoms with van der Waals surface area (Å²) < 4.78 is 27.4. The number of carbonyl (C=O) groups is 3. The highest BCUT2D eigenvalue weighted by molar-refractivity contribution is 7.78. The first kappa shape index (κ1) is 24.9. The van der Waals surface area contributed by atoms with Crippen LogP contribution in [0.15, 0.2) is 29.3 Å². The van der Waals surface area contributed by atoms with Gasteiger partial charge in [0.1, 0.15) is 11.9 Å². The average Bonchev–Trinajstić information content (AvgIpc) is 2.70. The van der Waals surface area contributed by atoms with Crippen LogP contribution in [0.2, 0.25) is 0 Å². The number of rotatable bonds is 8. The lowest BCUT2D eigenvalue weighted by Gasteiger charge is -2.43. The van der Waals surface area contributed by atoms with Gasteiger partial charge < -0.3 is 23.7 Å². The molecule has 0 bridgehead atoms. The molecule has 0 aliphatic carbocycles. The minimum absolute atomic E-state index is 0.133. The minimum Gasteiger partial charge on any atom is -0.461 e. The first-order chi connectivity index (χ1) is 15.1. The molecule has 0 unspecified atom stereocenters. The van der Waals surface area contributed by atoms with Gasteiger partial charge >= 0.3 is 17.9 Å². The van der Waals surface area contributed by atoms with Crippen LogP contribution >= 0.6 is 12.2 Å². The van der Waals surface area contributed by atoms with E-state index in [0.29, 0.717) is 0 Å². The van der Waals surface area contributed by atoms with E-state index in [-0.39, 0.29) is 18.0 Å². The number of ether oxygens (including phenoxy) is 5. The molecule has 0 radical (unpaired) electrons. The Morgan fingerprint density at radius 2 is 1.56 bits per heavy atom. The number of nitrogens with zero attached hydrogens (tertiary/aromatic N) is 2. The number of nitro benzene ring substituents is 1. The smallest absolute Gasteiger partial charge is 0.303 e. The SMILES string of the molecule is CC(=O)O[C@@H]1[C@H](OC(C)=O)[C@@H](Oc2ccc([N+](=O)[O-])cc2)O[C@H](CN=C=S)[C@H]1OC(C)=O. The lowest BCUT2D eigenvalue weighted by atomic mass is 9.97. The van der Waals surface area contributed by atoms with Crippen molar-refractivity contribution in [2.24, 2.45) is 4.99 Å². The molecule has 0 amide bonds. The molecule has 1 aromatic carbocycles. The fraction of sp³-hybridized carbons (Fsp3) is 0.474. The normalized spacial score (nSPS) is 24.4. The molecule has 0 N–H and O–H groups in total. The molecule has 1 aromatic rings. The minimum atomic E-state index is -1.35. The predicted octanol–water partition coefficient (Wildman–Crippen LogP) is 1.60. The Labute approximate surface area is 187 Å². The molecule has 13 heteroatoms. The molecule has 12 nitrogen and oxygen atoms in total. The van der Waals surface area contributed by atoms with Crippen molar-refractivity contribution in [1.29, 1.82) is 0 Å². The second kappa shape index (κ2) is 11.3. The van der Waals surface area contributed by atoms with E-state index in [2.05, 4.69) is 22.4 Å². The maximum atomic E-state index is 11.8. The van der Waals surface area contributed by atoms with Gasteiger partial charge in [-0.2, -0.15) is 0 Å². The monoisotopic (exact) mass is 468 g/mol. The van der Waals surface area contributed by atoms with Gasteiger partial charge in [0, 0.05) is 32.9 Å². The summed E-state index contributed by atoms with van der Waals surface area (Å²) in [7, 11) is 0. The van der Waals surface area contributed by atoms with Crippen molar-refractivity contribution in [3.8, 4) is 5.75 Å². The van der Waals surface area contributed by atoms with Crippen LogP contribution < -0.4 is 4.74 Å². The quantitative estimate of drug-likeness (QED) is 0.136. The maximum Gasteiger partial charge on any atom is 0.303 e. The molecule has 32 heavy (non-hydrogen) atoms. The summed E-state index contributed by atoms with van der Waals surface area (Å²) in [5, 5.41) is 13.0. The molecule has 1 aliphatic heterocycles. The number of nitro groups is 1. The number of isothiocyanates is 1. The number of carbonyl (C=O) groups excluding carboxylic acids is 3. The van der Waals surface area contributed by atoms with E-state index in [4.69, 9.17) is 23.7 Å². The molecule has 1 heterocycles. The van der Waals surface area contributed by atoms with Crippen LogP contribution in [-0.2, 0) is 33.3 Å². The van der Waals surface area contributed by atoms with Gasteiger partial charge in [-0.15, -0.1) is 0 Å². The van der Waals surface area contributed by atoms with Gasteiger partial charge in [0.25, 0.3) is 5.69 Å². The number of hydrogen-bond acceptors (Lipinski definition) is 12. The Bertz CT molecular complexity index is 915. The van der Waals surface area contributed by atoms with Crippen molar-refractivity contribution < 1.29 is 43.0 Å². The summed E-state index contributed by atoms with van der Waals surface area (Å²) in [5.74, 6) is -2.05. The topological polar surface area (TPSA) is 153 Å². The van der Waals surface area contributed by atoms with Crippen LogP contribution in [-0.4, -0.2) is 65.2 Å². The van der Waals surface area contributed by atoms with Gasteiger partial charge in [-0.3, -0.25) is 24.5 Å². The number of esters is 3. The van der Waals surface area contributed by atoms with Gasteiger partial charge in [-0.05, 0) is 24.4 Å². The summed E-state index contributed by atoms with van der Waals surface area (Å²) in [4.78, 5) is 49.2. The van der Waals surface area contributed by atoms with Crippen LogP contribution in [0.4, 0.5) is 5.69 Å². The molecular formula is C19H20N2O10S. The fourth-order valence-corrected chi connectivity index (χ4v) is 3.08. The summed E-state index contributed by atoms with van der Waals surface area (Å²) in [6.45, 7) is 3.26. The molecular weight excluding hydrogens is 448 g/mol. The summed E-state index contributed by atoms with van der Waals surface area (Å²) >= 11 is 4.57. The second-order valence-corrected chi connectivity index (χ2v) is 6.75.